The van der Waals surface area contributed by atoms with Crippen LogP contribution in [0.3, 0.4) is 0 Å². The van der Waals surface area contributed by atoms with E-state index < -0.39 is 24.5 Å². The van der Waals surface area contributed by atoms with Gasteiger partial charge in [0.2, 0.25) is 11.7 Å². The SMILES string of the molecule is Cc1cc(C)c(NC(=O)Cn2c(C(F)(F)F)nc3ccccc32)c(C)c1. The lowest BCUT2D eigenvalue weighted by Gasteiger charge is -2.15. The molecule has 0 bridgehead atoms. The van der Waals surface area contributed by atoms with E-state index >= 15 is 0 Å². The van der Waals surface area contributed by atoms with E-state index in [1.54, 1.807) is 12.1 Å². The van der Waals surface area contributed by atoms with Crippen molar-refractivity contribution in [3.05, 3.63) is 58.9 Å². The summed E-state index contributed by atoms with van der Waals surface area (Å²) in [6.45, 7) is 5.17. The Morgan fingerprint density at radius 2 is 1.73 bits per heavy atom. The number of alkyl halides is 3. The second kappa shape index (κ2) is 6.48. The van der Waals surface area contributed by atoms with Crippen molar-refractivity contribution < 1.29 is 18.0 Å². The summed E-state index contributed by atoms with van der Waals surface area (Å²) >= 11 is 0. The number of anilines is 1. The molecule has 26 heavy (non-hydrogen) atoms. The van der Waals surface area contributed by atoms with E-state index in [0.29, 0.717) is 5.69 Å². The molecular formula is C19H18F3N3O. The predicted molar refractivity (Wildman–Crippen MR) is 94.0 cm³/mol. The summed E-state index contributed by atoms with van der Waals surface area (Å²) in [4.78, 5) is 16.1. The molecule has 3 aromatic rings. The third-order valence-electron chi connectivity index (χ3n) is 4.15. The Morgan fingerprint density at radius 3 is 2.35 bits per heavy atom. The minimum absolute atomic E-state index is 0.204. The van der Waals surface area contributed by atoms with Gasteiger partial charge >= 0.3 is 6.18 Å². The average Bonchev–Trinajstić information content (AvgIpc) is 2.90. The maximum atomic E-state index is 13.3. The summed E-state index contributed by atoms with van der Waals surface area (Å²) in [6, 6.07) is 10.1. The highest BCUT2D eigenvalue weighted by Crippen LogP contribution is 2.31. The summed E-state index contributed by atoms with van der Waals surface area (Å²) in [7, 11) is 0. The Bertz CT molecular complexity index is 966. The number of carbonyl (C=O) groups is 1. The molecule has 7 heteroatoms. The van der Waals surface area contributed by atoms with Crippen molar-refractivity contribution >= 4 is 22.6 Å². The van der Waals surface area contributed by atoms with Gasteiger partial charge in [-0.3, -0.25) is 4.79 Å². The summed E-state index contributed by atoms with van der Waals surface area (Å²) in [5.41, 5.74) is 3.88. The molecule has 0 spiro atoms. The number of imidazole rings is 1. The third-order valence-corrected chi connectivity index (χ3v) is 4.15. The molecule has 0 aliphatic rings. The Hall–Kier alpha value is -2.83. The molecule has 0 unspecified atom stereocenters. The van der Waals surface area contributed by atoms with Gasteiger partial charge in [-0.1, -0.05) is 29.8 Å². The van der Waals surface area contributed by atoms with Gasteiger partial charge in [0, 0.05) is 5.69 Å². The van der Waals surface area contributed by atoms with Crippen LogP contribution in [0.5, 0.6) is 0 Å². The molecule has 1 heterocycles. The molecule has 1 aromatic heterocycles. The van der Waals surface area contributed by atoms with E-state index in [1.807, 2.05) is 32.9 Å². The number of rotatable bonds is 3. The largest absolute Gasteiger partial charge is 0.449 e. The number of aromatic nitrogens is 2. The van der Waals surface area contributed by atoms with E-state index in [1.165, 1.54) is 12.1 Å². The van der Waals surface area contributed by atoms with E-state index in [4.69, 9.17) is 0 Å². The molecule has 0 radical (unpaired) electrons. The van der Waals surface area contributed by atoms with Crippen LogP contribution in [-0.4, -0.2) is 15.5 Å². The van der Waals surface area contributed by atoms with Gasteiger partial charge in [0.1, 0.15) is 6.54 Å². The molecule has 0 saturated carbocycles. The lowest BCUT2D eigenvalue weighted by Crippen LogP contribution is -2.24. The fraction of sp³-hybridized carbons (Fsp3) is 0.263. The summed E-state index contributed by atoms with van der Waals surface area (Å²) < 4.78 is 40.9. The number of nitrogens with one attached hydrogen (secondary N) is 1. The van der Waals surface area contributed by atoms with Crippen molar-refractivity contribution in [1.29, 1.82) is 0 Å². The second-order valence-electron chi connectivity index (χ2n) is 6.33. The topological polar surface area (TPSA) is 46.9 Å². The monoisotopic (exact) mass is 361 g/mol. The number of carbonyl (C=O) groups excluding carboxylic acids is 1. The molecule has 0 aliphatic heterocycles. The van der Waals surface area contributed by atoms with Crippen LogP contribution in [-0.2, 0) is 17.5 Å². The lowest BCUT2D eigenvalue weighted by atomic mass is 10.1. The van der Waals surface area contributed by atoms with Crippen LogP contribution in [0.25, 0.3) is 11.0 Å². The first-order chi connectivity index (χ1) is 12.2. The highest BCUT2D eigenvalue weighted by molar-refractivity contribution is 5.93. The van der Waals surface area contributed by atoms with Gasteiger partial charge in [0.15, 0.2) is 0 Å². The fourth-order valence-corrected chi connectivity index (χ4v) is 3.15. The van der Waals surface area contributed by atoms with Crippen molar-refractivity contribution in [1.82, 2.24) is 9.55 Å². The van der Waals surface area contributed by atoms with Crippen molar-refractivity contribution in [2.75, 3.05) is 5.32 Å². The van der Waals surface area contributed by atoms with Crippen LogP contribution in [0.2, 0.25) is 0 Å². The van der Waals surface area contributed by atoms with Crippen molar-refractivity contribution in [3.8, 4) is 0 Å². The number of nitrogens with zero attached hydrogens (tertiary/aromatic N) is 2. The van der Waals surface area contributed by atoms with Gasteiger partial charge in [0.05, 0.1) is 11.0 Å². The zero-order chi connectivity index (χ0) is 19.1. The number of halogens is 3. The number of aryl methyl sites for hydroxylation is 3. The molecule has 0 atom stereocenters. The molecule has 0 aliphatic carbocycles. The average molecular weight is 361 g/mol. The molecule has 0 saturated heterocycles. The maximum Gasteiger partial charge on any atom is 0.449 e. The molecule has 0 fully saturated rings. The molecule has 2 aromatic carbocycles. The fourth-order valence-electron chi connectivity index (χ4n) is 3.15. The number of para-hydroxylation sites is 2. The van der Waals surface area contributed by atoms with Crippen LogP contribution < -0.4 is 5.32 Å². The second-order valence-corrected chi connectivity index (χ2v) is 6.33. The Morgan fingerprint density at radius 1 is 1.12 bits per heavy atom. The number of amides is 1. The van der Waals surface area contributed by atoms with Gasteiger partial charge in [-0.05, 0) is 44.0 Å². The molecule has 4 nitrogen and oxygen atoms in total. The van der Waals surface area contributed by atoms with E-state index in [0.717, 1.165) is 21.3 Å². The highest BCUT2D eigenvalue weighted by Gasteiger charge is 2.38. The van der Waals surface area contributed by atoms with E-state index in [2.05, 4.69) is 10.3 Å². The van der Waals surface area contributed by atoms with Crippen LogP contribution >= 0.6 is 0 Å². The Labute approximate surface area is 148 Å². The van der Waals surface area contributed by atoms with Gasteiger partial charge in [-0.15, -0.1) is 0 Å². The highest BCUT2D eigenvalue weighted by atomic mass is 19.4. The number of fused-ring (bicyclic) bond motifs is 1. The lowest BCUT2D eigenvalue weighted by molar-refractivity contribution is -0.147. The molecule has 1 N–H and O–H groups in total. The zero-order valence-electron chi connectivity index (χ0n) is 14.6. The minimum Gasteiger partial charge on any atom is -0.324 e. The number of benzene rings is 2. The smallest absolute Gasteiger partial charge is 0.324 e. The van der Waals surface area contributed by atoms with Crippen LogP contribution in [0, 0.1) is 20.8 Å². The standard InChI is InChI=1S/C19H18F3N3O/c1-11-8-12(2)17(13(3)9-11)24-16(26)10-25-15-7-5-4-6-14(15)23-18(25)19(20,21)22/h4-9H,10H2,1-3H3,(H,24,26). The zero-order valence-corrected chi connectivity index (χ0v) is 14.6. The quantitative estimate of drug-likeness (QED) is 0.740. The first-order valence-corrected chi connectivity index (χ1v) is 8.07. The van der Waals surface area contributed by atoms with E-state index in [-0.39, 0.29) is 11.0 Å². The molecule has 136 valence electrons. The Kier molecular flexibility index (Phi) is 4.48. The normalized spacial score (nSPS) is 11.8. The first kappa shape index (κ1) is 18.0. The van der Waals surface area contributed by atoms with Crippen molar-refractivity contribution in [2.24, 2.45) is 0 Å². The Balaban J connectivity index is 1.95. The van der Waals surface area contributed by atoms with Gasteiger partial charge in [-0.25, -0.2) is 4.98 Å². The van der Waals surface area contributed by atoms with Crippen LogP contribution in [0.1, 0.15) is 22.5 Å². The third kappa shape index (κ3) is 3.42. The molecular weight excluding hydrogens is 343 g/mol. The van der Waals surface area contributed by atoms with Crippen LogP contribution in [0.15, 0.2) is 36.4 Å². The summed E-state index contributed by atoms with van der Waals surface area (Å²) in [5, 5.41) is 2.73. The minimum atomic E-state index is -4.64. The molecule has 1 amide bonds. The summed E-state index contributed by atoms with van der Waals surface area (Å²) in [6.07, 6.45) is -4.64. The first-order valence-electron chi connectivity index (χ1n) is 8.07. The van der Waals surface area contributed by atoms with Gasteiger partial charge in [0.25, 0.3) is 0 Å². The van der Waals surface area contributed by atoms with E-state index in [9.17, 15) is 18.0 Å². The number of hydrogen-bond donors (Lipinski definition) is 1. The molecule has 3 rings (SSSR count). The van der Waals surface area contributed by atoms with Crippen molar-refractivity contribution in [2.45, 2.75) is 33.5 Å². The number of hydrogen-bond acceptors (Lipinski definition) is 2. The summed E-state index contributed by atoms with van der Waals surface area (Å²) in [5.74, 6) is -1.61. The van der Waals surface area contributed by atoms with Crippen LogP contribution in [0.4, 0.5) is 18.9 Å². The van der Waals surface area contributed by atoms with Gasteiger partial charge in [-0.2, -0.15) is 13.2 Å². The van der Waals surface area contributed by atoms with Gasteiger partial charge < -0.3 is 9.88 Å². The maximum absolute atomic E-state index is 13.3. The predicted octanol–water partition coefficient (Wildman–Crippen LogP) is 4.62. The van der Waals surface area contributed by atoms with Crippen molar-refractivity contribution in [3.63, 3.8) is 0 Å².